The van der Waals surface area contributed by atoms with E-state index in [2.05, 4.69) is 15.9 Å². The van der Waals surface area contributed by atoms with E-state index in [1.54, 1.807) is 0 Å². The maximum absolute atomic E-state index is 12.3. The Morgan fingerprint density at radius 1 is 0.913 bits per heavy atom. The van der Waals surface area contributed by atoms with Gasteiger partial charge >= 0.3 is 0 Å². The summed E-state index contributed by atoms with van der Waals surface area (Å²) in [5.41, 5.74) is 8.10. The fraction of sp³-hybridized carbons (Fsp3) is 0.611. The van der Waals surface area contributed by atoms with Crippen molar-refractivity contribution in [2.75, 3.05) is 51.5 Å². The number of piperidine rings is 1. The zero-order valence-electron chi connectivity index (χ0n) is 13.9. The minimum atomic E-state index is 0.311. The molecule has 0 unspecified atom stereocenters. The van der Waals surface area contributed by atoms with E-state index < -0.39 is 0 Å². The number of benzene rings is 1. The van der Waals surface area contributed by atoms with Gasteiger partial charge < -0.3 is 10.6 Å². The lowest BCUT2D eigenvalue weighted by Crippen LogP contribution is -2.50. The van der Waals surface area contributed by atoms with Crippen molar-refractivity contribution in [1.29, 1.82) is 0 Å². The van der Waals surface area contributed by atoms with E-state index in [0.717, 1.165) is 64.3 Å². The van der Waals surface area contributed by atoms with Gasteiger partial charge in [-0.25, -0.2) is 0 Å². The van der Waals surface area contributed by atoms with Gasteiger partial charge in [-0.05, 0) is 30.9 Å². The first-order valence-corrected chi connectivity index (χ1v) is 8.78. The molecule has 0 bridgehead atoms. The molecule has 2 saturated heterocycles. The van der Waals surface area contributed by atoms with Crippen LogP contribution in [0.1, 0.15) is 24.8 Å². The van der Waals surface area contributed by atoms with Crippen LogP contribution in [0.4, 0.5) is 5.69 Å². The minimum absolute atomic E-state index is 0.311. The van der Waals surface area contributed by atoms with Crippen molar-refractivity contribution in [3.8, 4) is 0 Å². The number of amides is 1. The Kier molecular flexibility index (Phi) is 5.51. The predicted octanol–water partition coefficient (Wildman–Crippen LogP) is 1.40. The Labute approximate surface area is 139 Å². The van der Waals surface area contributed by atoms with Crippen molar-refractivity contribution in [3.05, 3.63) is 29.8 Å². The first kappa shape index (κ1) is 16.3. The second-order valence-electron chi connectivity index (χ2n) is 6.69. The van der Waals surface area contributed by atoms with Crippen LogP contribution >= 0.6 is 0 Å². The number of para-hydroxylation sites is 1. The predicted molar refractivity (Wildman–Crippen MR) is 93.0 cm³/mol. The molecule has 1 aromatic rings. The number of carbonyl (C=O) groups excluding carboxylic acids is 1. The largest absolute Gasteiger partial charge is 0.398 e. The van der Waals surface area contributed by atoms with E-state index in [1.807, 2.05) is 23.1 Å². The van der Waals surface area contributed by atoms with Crippen LogP contribution in [0.15, 0.2) is 24.3 Å². The van der Waals surface area contributed by atoms with Crippen LogP contribution in [0.5, 0.6) is 0 Å². The van der Waals surface area contributed by atoms with Crippen molar-refractivity contribution in [2.45, 2.75) is 25.8 Å². The summed E-state index contributed by atoms with van der Waals surface area (Å²) in [6, 6.07) is 8.08. The molecule has 5 nitrogen and oxygen atoms in total. The zero-order valence-corrected chi connectivity index (χ0v) is 13.9. The third kappa shape index (κ3) is 4.45. The molecule has 5 heteroatoms. The summed E-state index contributed by atoms with van der Waals surface area (Å²) in [5, 5.41) is 0. The van der Waals surface area contributed by atoms with Gasteiger partial charge in [0.15, 0.2) is 0 Å². The molecule has 2 N–H and O–H groups in total. The number of hydrogen-bond acceptors (Lipinski definition) is 4. The average Bonchev–Trinajstić information content (AvgIpc) is 2.59. The summed E-state index contributed by atoms with van der Waals surface area (Å²) in [4.78, 5) is 19.1. The number of nitrogens with zero attached hydrogens (tertiary/aromatic N) is 3. The Balaban J connectivity index is 1.43. The van der Waals surface area contributed by atoms with Crippen LogP contribution in [0.2, 0.25) is 0 Å². The maximum Gasteiger partial charge on any atom is 0.236 e. The first-order valence-electron chi connectivity index (χ1n) is 8.78. The van der Waals surface area contributed by atoms with Gasteiger partial charge in [0.25, 0.3) is 0 Å². The molecule has 0 spiro atoms. The molecule has 2 fully saturated rings. The van der Waals surface area contributed by atoms with Crippen LogP contribution in [-0.4, -0.2) is 66.4 Å². The summed E-state index contributed by atoms with van der Waals surface area (Å²) in [6.07, 6.45) is 3.60. The van der Waals surface area contributed by atoms with E-state index in [1.165, 1.54) is 12.0 Å². The number of nitrogen functional groups attached to an aromatic ring is 1. The van der Waals surface area contributed by atoms with Crippen LogP contribution in [0.25, 0.3) is 0 Å². The molecule has 2 aliphatic rings. The monoisotopic (exact) mass is 316 g/mol. The number of carbonyl (C=O) groups is 1. The lowest BCUT2D eigenvalue weighted by molar-refractivity contribution is -0.133. The maximum atomic E-state index is 12.3. The molecule has 23 heavy (non-hydrogen) atoms. The number of piperazine rings is 1. The lowest BCUT2D eigenvalue weighted by atomic mass is 10.1. The fourth-order valence-corrected chi connectivity index (χ4v) is 3.46. The minimum Gasteiger partial charge on any atom is -0.398 e. The molecular formula is C18H28N4O. The third-order valence-electron chi connectivity index (χ3n) is 4.98. The third-order valence-corrected chi connectivity index (χ3v) is 4.98. The van der Waals surface area contributed by atoms with Crippen LogP contribution in [-0.2, 0) is 11.3 Å². The van der Waals surface area contributed by atoms with Crippen molar-refractivity contribution in [1.82, 2.24) is 14.7 Å². The number of rotatable bonds is 4. The highest BCUT2D eigenvalue weighted by molar-refractivity contribution is 5.78. The topological polar surface area (TPSA) is 52.8 Å². The smallest absolute Gasteiger partial charge is 0.236 e. The van der Waals surface area contributed by atoms with Crippen molar-refractivity contribution < 1.29 is 4.79 Å². The Hall–Kier alpha value is -1.59. The molecule has 0 atom stereocenters. The normalized spacial score (nSPS) is 20.6. The molecule has 2 aliphatic heterocycles. The molecule has 1 amide bonds. The second kappa shape index (κ2) is 7.79. The summed E-state index contributed by atoms with van der Waals surface area (Å²) < 4.78 is 0. The highest BCUT2D eigenvalue weighted by atomic mass is 16.2. The first-order chi connectivity index (χ1) is 11.2. The fourth-order valence-electron chi connectivity index (χ4n) is 3.46. The van der Waals surface area contributed by atoms with Gasteiger partial charge in [-0.3, -0.25) is 14.6 Å². The molecule has 2 heterocycles. The molecular weight excluding hydrogens is 288 g/mol. The van der Waals surface area contributed by atoms with E-state index in [-0.39, 0.29) is 0 Å². The van der Waals surface area contributed by atoms with Gasteiger partial charge in [-0.2, -0.15) is 0 Å². The number of nitrogens with two attached hydrogens (primary N) is 1. The number of anilines is 1. The van der Waals surface area contributed by atoms with Gasteiger partial charge in [0.05, 0.1) is 6.54 Å². The SMILES string of the molecule is Nc1ccccc1CN1CCN(CC(=O)N2CCCCC2)CC1. The highest BCUT2D eigenvalue weighted by Crippen LogP contribution is 2.15. The molecule has 0 aliphatic carbocycles. The Morgan fingerprint density at radius 3 is 2.26 bits per heavy atom. The molecule has 0 saturated carbocycles. The van der Waals surface area contributed by atoms with Crippen LogP contribution in [0.3, 0.4) is 0 Å². The standard InChI is InChI=1S/C18H28N4O/c19-17-7-3-2-6-16(17)14-20-10-12-21(13-11-20)15-18(23)22-8-4-1-5-9-22/h2-3,6-7H,1,4-5,8-15,19H2. The molecule has 1 aromatic carbocycles. The van der Waals surface area contributed by atoms with Crippen molar-refractivity contribution in [3.63, 3.8) is 0 Å². The second-order valence-corrected chi connectivity index (χ2v) is 6.69. The summed E-state index contributed by atoms with van der Waals surface area (Å²) in [7, 11) is 0. The quantitative estimate of drug-likeness (QED) is 0.853. The Bertz CT molecular complexity index is 520. The van der Waals surface area contributed by atoms with Crippen molar-refractivity contribution >= 4 is 11.6 Å². The van der Waals surface area contributed by atoms with E-state index in [4.69, 9.17) is 5.73 Å². The van der Waals surface area contributed by atoms with Gasteiger partial charge in [0.2, 0.25) is 5.91 Å². The van der Waals surface area contributed by atoms with Crippen LogP contribution in [0, 0.1) is 0 Å². The molecule has 0 aromatic heterocycles. The van der Waals surface area contributed by atoms with Crippen LogP contribution < -0.4 is 5.73 Å². The van der Waals surface area contributed by atoms with E-state index in [0.29, 0.717) is 12.5 Å². The van der Waals surface area contributed by atoms with Gasteiger partial charge in [0.1, 0.15) is 0 Å². The van der Waals surface area contributed by atoms with Gasteiger partial charge in [0, 0.05) is 51.5 Å². The van der Waals surface area contributed by atoms with Gasteiger partial charge in [-0.15, -0.1) is 0 Å². The van der Waals surface area contributed by atoms with Crippen molar-refractivity contribution in [2.24, 2.45) is 0 Å². The van der Waals surface area contributed by atoms with E-state index in [9.17, 15) is 4.79 Å². The average molecular weight is 316 g/mol. The number of likely N-dealkylation sites (tertiary alicyclic amines) is 1. The molecule has 126 valence electrons. The van der Waals surface area contributed by atoms with E-state index >= 15 is 0 Å². The summed E-state index contributed by atoms with van der Waals surface area (Å²) >= 11 is 0. The molecule has 3 rings (SSSR count). The zero-order chi connectivity index (χ0) is 16.1. The summed E-state index contributed by atoms with van der Waals surface area (Å²) in [6.45, 7) is 7.32. The van der Waals surface area contributed by atoms with Gasteiger partial charge in [-0.1, -0.05) is 18.2 Å². The number of hydrogen-bond donors (Lipinski definition) is 1. The highest BCUT2D eigenvalue weighted by Gasteiger charge is 2.22. The lowest BCUT2D eigenvalue weighted by Gasteiger charge is -2.36. The Morgan fingerprint density at radius 2 is 1.57 bits per heavy atom. The molecule has 0 radical (unpaired) electrons. The summed E-state index contributed by atoms with van der Waals surface area (Å²) in [5.74, 6) is 0.311.